The van der Waals surface area contributed by atoms with E-state index in [9.17, 15) is 0 Å². The van der Waals surface area contributed by atoms with Crippen molar-refractivity contribution in [3.63, 3.8) is 0 Å². The van der Waals surface area contributed by atoms with Crippen molar-refractivity contribution < 1.29 is 0 Å². The number of rotatable bonds is 2. The first kappa shape index (κ1) is 13.2. The van der Waals surface area contributed by atoms with Crippen LogP contribution in [0.25, 0.3) is 0 Å². The fourth-order valence-electron chi connectivity index (χ4n) is 3.54. The van der Waals surface area contributed by atoms with E-state index in [2.05, 4.69) is 34.0 Å². The number of anilines is 1. The smallest absolute Gasteiger partial charge is 0.128 e. The molecule has 2 aliphatic heterocycles. The van der Waals surface area contributed by atoms with E-state index in [-0.39, 0.29) is 0 Å². The quantitative estimate of drug-likeness (QED) is 0.776. The van der Waals surface area contributed by atoms with Crippen LogP contribution in [0.4, 0.5) is 5.82 Å². The van der Waals surface area contributed by atoms with Gasteiger partial charge in [-0.25, -0.2) is 4.98 Å². The van der Waals surface area contributed by atoms with Crippen LogP contribution in [0.2, 0.25) is 0 Å². The van der Waals surface area contributed by atoms with Gasteiger partial charge in [-0.15, -0.1) is 11.6 Å². The molecule has 0 aromatic carbocycles. The van der Waals surface area contributed by atoms with Gasteiger partial charge in [-0.1, -0.05) is 6.07 Å². The van der Waals surface area contributed by atoms with Crippen molar-refractivity contribution in [3.8, 4) is 0 Å². The number of hydrogen-bond donors (Lipinski definition) is 0. The van der Waals surface area contributed by atoms with Crippen molar-refractivity contribution in [2.45, 2.75) is 31.2 Å². The van der Waals surface area contributed by atoms with Gasteiger partial charge in [0.05, 0.1) is 0 Å². The van der Waals surface area contributed by atoms with Gasteiger partial charge in [0.1, 0.15) is 5.82 Å². The topological polar surface area (TPSA) is 19.4 Å². The number of alkyl halides is 1. The molecule has 3 heterocycles. The van der Waals surface area contributed by atoms with Crippen molar-refractivity contribution in [1.82, 2.24) is 9.88 Å². The van der Waals surface area contributed by atoms with Gasteiger partial charge in [0.2, 0.25) is 0 Å². The second-order valence-electron chi connectivity index (χ2n) is 5.84. The molecule has 1 aromatic heterocycles. The summed E-state index contributed by atoms with van der Waals surface area (Å²) in [4.78, 5) is 9.55. The van der Waals surface area contributed by atoms with E-state index >= 15 is 0 Å². The largest absolute Gasteiger partial charge is 0.356 e. The lowest BCUT2D eigenvalue weighted by Gasteiger charge is -2.46. The Morgan fingerprint density at radius 2 is 2.21 bits per heavy atom. The maximum absolute atomic E-state index is 5.81. The van der Waals surface area contributed by atoms with Gasteiger partial charge in [0, 0.05) is 31.2 Å². The minimum absolute atomic E-state index is 0.544. The Kier molecular flexibility index (Phi) is 3.94. The van der Waals surface area contributed by atoms with E-state index < -0.39 is 0 Å². The summed E-state index contributed by atoms with van der Waals surface area (Å²) in [6.45, 7) is 3.55. The second kappa shape index (κ2) is 5.68. The third kappa shape index (κ3) is 2.72. The molecular formula is C15H22ClN3. The fourth-order valence-corrected chi connectivity index (χ4v) is 3.70. The highest BCUT2D eigenvalue weighted by molar-refractivity contribution is 6.17. The van der Waals surface area contributed by atoms with Crippen LogP contribution in [0, 0.1) is 5.92 Å². The summed E-state index contributed by atoms with van der Waals surface area (Å²) in [6.07, 6.45) is 5.87. The Balaban J connectivity index is 1.69. The van der Waals surface area contributed by atoms with Gasteiger partial charge in [0.25, 0.3) is 0 Å². The number of piperidine rings is 2. The molecule has 0 radical (unpaired) electrons. The summed E-state index contributed by atoms with van der Waals surface area (Å²) in [5.74, 6) is 2.46. The van der Waals surface area contributed by atoms with E-state index in [1.54, 1.807) is 0 Å². The number of aromatic nitrogens is 1. The molecule has 0 N–H and O–H groups in total. The first-order valence-electron chi connectivity index (χ1n) is 7.24. The molecule has 0 saturated carbocycles. The summed E-state index contributed by atoms with van der Waals surface area (Å²) in [7, 11) is 2.28. The van der Waals surface area contributed by atoms with Crippen LogP contribution in [-0.4, -0.2) is 42.6 Å². The van der Waals surface area contributed by atoms with Crippen LogP contribution < -0.4 is 4.90 Å². The lowest BCUT2D eigenvalue weighted by Crippen LogP contribution is -2.52. The molecule has 0 bridgehead atoms. The predicted octanol–water partition coefficient (Wildman–Crippen LogP) is 2.74. The van der Waals surface area contributed by atoms with Gasteiger partial charge in [-0.2, -0.15) is 0 Å². The van der Waals surface area contributed by atoms with Crippen molar-refractivity contribution in [2.24, 2.45) is 5.92 Å². The molecule has 0 aliphatic carbocycles. The highest BCUT2D eigenvalue weighted by atomic mass is 35.5. The number of hydrogen-bond acceptors (Lipinski definition) is 3. The lowest BCUT2D eigenvalue weighted by molar-refractivity contribution is 0.102. The van der Waals surface area contributed by atoms with Crippen LogP contribution in [0.3, 0.4) is 0 Å². The zero-order valence-electron chi connectivity index (χ0n) is 11.6. The summed E-state index contributed by atoms with van der Waals surface area (Å²) < 4.78 is 0. The summed E-state index contributed by atoms with van der Waals surface area (Å²) in [5, 5.41) is 0. The molecule has 104 valence electrons. The number of nitrogens with zero attached hydrogens (tertiary/aromatic N) is 3. The first-order valence-corrected chi connectivity index (χ1v) is 7.77. The molecule has 0 amide bonds. The zero-order chi connectivity index (χ0) is 13.2. The molecule has 2 unspecified atom stereocenters. The Morgan fingerprint density at radius 3 is 2.95 bits per heavy atom. The van der Waals surface area contributed by atoms with Crippen LogP contribution in [-0.2, 0) is 5.88 Å². The normalized spacial score (nSPS) is 28.2. The third-order valence-electron chi connectivity index (χ3n) is 4.63. The molecule has 2 aliphatic rings. The zero-order valence-corrected chi connectivity index (χ0v) is 12.3. The fraction of sp³-hybridized carbons (Fsp3) is 0.667. The van der Waals surface area contributed by atoms with Crippen LogP contribution >= 0.6 is 11.6 Å². The van der Waals surface area contributed by atoms with Crippen molar-refractivity contribution in [1.29, 1.82) is 0 Å². The maximum atomic E-state index is 5.81. The monoisotopic (exact) mass is 279 g/mol. The number of halogens is 1. The maximum Gasteiger partial charge on any atom is 0.128 e. The lowest BCUT2D eigenvalue weighted by atomic mass is 9.84. The van der Waals surface area contributed by atoms with Gasteiger partial charge >= 0.3 is 0 Å². The average Bonchev–Trinajstić information content (AvgIpc) is 2.47. The number of fused-ring (bicyclic) bond motifs is 1. The minimum Gasteiger partial charge on any atom is -0.356 e. The molecule has 2 fully saturated rings. The molecule has 4 heteroatoms. The van der Waals surface area contributed by atoms with Gasteiger partial charge < -0.3 is 9.80 Å². The minimum atomic E-state index is 0.544. The highest BCUT2D eigenvalue weighted by Gasteiger charge is 2.34. The highest BCUT2D eigenvalue weighted by Crippen LogP contribution is 2.31. The Hall–Kier alpha value is -0.800. The van der Waals surface area contributed by atoms with E-state index in [0.29, 0.717) is 5.88 Å². The Bertz CT molecular complexity index is 420. The van der Waals surface area contributed by atoms with E-state index in [1.807, 2.05) is 6.20 Å². The van der Waals surface area contributed by atoms with Crippen molar-refractivity contribution in [2.75, 3.05) is 31.6 Å². The Morgan fingerprint density at radius 1 is 1.32 bits per heavy atom. The van der Waals surface area contributed by atoms with E-state index in [4.69, 9.17) is 11.6 Å². The number of pyridine rings is 1. The molecule has 2 saturated heterocycles. The second-order valence-corrected chi connectivity index (χ2v) is 6.11. The molecule has 2 atom stereocenters. The average molecular weight is 280 g/mol. The third-order valence-corrected chi connectivity index (χ3v) is 4.94. The van der Waals surface area contributed by atoms with Crippen LogP contribution in [0.5, 0.6) is 0 Å². The first-order chi connectivity index (χ1) is 9.28. The van der Waals surface area contributed by atoms with Crippen molar-refractivity contribution in [3.05, 3.63) is 23.9 Å². The van der Waals surface area contributed by atoms with E-state index in [0.717, 1.165) is 36.4 Å². The molecule has 1 aromatic rings. The predicted molar refractivity (Wildman–Crippen MR) is 79.8 cm³/mol. The summed E-state index contributed by atoms with van der Waals surface area (Å²) in [5.41, 5.74) is 1.10. The summed E-state index contributed by atoms with van der Waals surface area (Å²) >= 11 is 5.81. The molecule has 3 nitrogen and oxygen atoms in total. The molecule has 0 spiro atoms. The van der Waals surface area contributed by atoms with Crippen molar-refractivity contribution >= 4 is 17.4 Å². The summed E-state index contributed by atoms with van der Waals surface area (Å²) in [6, 6.07) is 4.99. The SMILES string of the molecule is CN1CCCC2CN(c3ccc(CCl)cn3)CCC21. The number of likely N-dealkylation sites (tertiary alicyclic amines) is 1. The van der Waals surface area contributed by atoms with Gasteiger partial charge in [-0.05, 0) is 50.4 Å². The standard InChI is InChI=1S/C15H22ClN3/c1-18-7-2-3-13-11-19(8-6-14(13)18)15-5-4-12(9-16)10-17-15/h4-5,10,13-14H,2-3,6-9,11H2,1H3. The van der Waals surface area contributed by atoms with Gasteiger partial charge in [0.15, 0.2) is 0 Å². The Labute approximate surface area is 120 Å². The van der Waals surface area contributed by atoms with Crippen LogP contribution in [0.1, 0.15) is 24.8 Å². The van der Waals surface area contributed by atoms with Crippen LogP contribution in [0.15, 0.2) is 18.3 Å². The molecule has 19 heavy (non-hydrogen) atoms. The van der Waals surface area contributed by atoms with Gasteiger partial charge in [-0.3, -0.25) is 0 Å². The molecule has 3 rings (SSSR count). The molecular weight excluding hydrogens is 258 g/mol. The van der Waals surface area contributed by atoms with E-state index in [1.165, 1.54) is 25.8 Å².